The minimum atomic E-state index is -0.179. The molecule has 1 heterocycles. The summed E-state index contributed by atoms with van der Waals surface area (Å²) in [6.07, 6.45) is 5.56. The second kappa shape index (κ2) is 9.69. The Hall–Kier alpha value is -3.28. The molecule has 0 spiro atoms. The number of nitrogens with one attached hydrogen (secondary N) is 2. The third kappa shape index (κ3) is 5.26. The van der Waals surface area contributed by atoms with Gasteiger partial charge >= 0.3 is 6.03 Å². The number of H-pyrrole nitrogens is 1. The van der Waals surface area contributed by atoms with Crippen molar-refractivity contribution < 1.29 is 9.53 Å². The topological polar surface area (TPSA) is 74.4 Å². The van der Waals surface area contributed by atoms with Crippen LogP contribution in [0.15, 0.2) is 59.4 Å². The fourth-order valence-corrected chi connectivity index (χ4v) is 4.20. The van der Waals surface area contributed by atoms with Crippen molar-refractivity contribution in [1.29, 1.82) is 0 Å². The van der Waals surface area contributed by atoms with Gasteiger partial charge in [-0.25, -0.2) is 4.79 Å². The van der Waals surface area contributed by atoms with Gasteiger partial charge in [0.15, 0.2) is 0 Å². The van der Waals surface area contributed by atoms with E-state index in [1.165, 1.54) is 6.42 Å². The molecule has 0 bridgehead atoms. The van der Waals surface area contributed by atoms with Gasteiger partial charge in [-0.05, 0) is 42.7 Å². The number of carbonyl (C=O) groups excluding carboxylic acids is 1. The van der Waals surface area contributed by atoms with Crippen molar-refractivity contribution in [3.05, 3.63) is 76.1 Å². The molecule has 0 saturated heterocycles. The maximum absolute atomic E-state index is 13.2. The highest BCUT2D eigenvalue weighted by Gasteiger charge is 2.21. The first-order chi connectivity index (χ1) is 15.1. The molecule has 0 atom stereocenters. The minimum absolute atomic E-state index is 0.124. The van der Waals surface area contributed by atoms with Crippen molar-refractivity contribution in [3.8, 4) is 5.75 Å². The Labute approximate surface area is 182 Å². The number of amides is 2. The first-order valence-corrected chi connectivity index (χ1v) is 10.9. The number of rotatable bonds is 6. The quantitative estimate of drug-likeness (QED) is 0.614. The van der Waals surface area contributed by atoms with Crippen LogP contribution in [0.1, 0.15) is 43.2 Å². The van der Waals surface area contributed by atoms with Crippen LogP contribution in [0.4, 0.5) is 4.79 Å². The molecule has 31 heavy (non-hydrogen) atoms. The van der Waals surface area contributed by atoms with Crippen molar-refractivity contribution in [3.63, 3.8) is 0 Å². The van der Waals surface area contributed by atoms with E-state index in [2.05, 4.69) is 10.3 Å². The van der Waals surface area contributed by atoms with Gasteiger partial charge in [-0.2, -0.15) is 0 Å². The molecule has 0 radical (unpaired) electrons. The first-order valence-electron chi connectivity index (χ1n) is 10.9. The molecule has 1 aromatic heterocycles. The van der Waals surface area contributed by atoms with Gasteiger partial charge in [0.25, 0.3) is 5.56 Å². The lowest BCUT2D eigenvalue weighted by Crippen LogP contribution is -2.45. The number of fused-ring (bicyclic) bond motifs is 1. The van der Waals surface area contributed by atoms with E-state index in [0.29, 0.717) is 12.1 Å². The van der Waals surface area contributed by atoms with Crippen LogP contribution in [0.3, 0.4) is 0 Å². The Bertz CT molecular complexity index is 1090. The highest BCUT2D eigenvalue weighted by Crippen LogP contribution is 2.21. The van der Waals surface area contributed by atoms with E-state index in [1.807, 2.05) is 54.6 Å². The van der Waals surface area contributed by atoms with Crippen molar-refractivity contribution in [1.82, 2.24) is 15.2 Å². The second-order valence-corrected chi connectivity index (χ2v) is 8.20. The van der Waals surface area contributed by atoms with Gasteiger partial charge in [-0.15, -0.1) is 0 Å². The van der Waals surface area contributed by atoms with Crippen molar-refractivity contribution in [2.24, 2.45) is 0 Å². The van der Waals surface area contributed by atoms with E-state index in [-0.39, 0.29) is 24.2 Å². The Morgan fingerprint density at radius 1 is 1.06 bits per heavy atom. The summed E-state index contributed by atoms with van der Waals surface area (Å²) in [7, 11) is 1.62. The molecule has 1 aliphatic rings. The van der Waals surface area contributed by atoms with Crippen molar-refractivity contribution >= 4 is 16.9 Å². The zero-order valence-corrected chi connectivity index (χ0v) is 17.9. The molecule has 2 N–H and O–H groups in total. The summed E-state index contributed by atoms with van der Waals surface area (Å²) in [4.78, 5) is 30.6. The van der Waals surface area contributed by atoms with Gasteiger partial charge in [0.1, 0.15) is 5.75 Å². The summed E-state index contributed by atoms with van der Waals surface area (Å²) in [6.45, 7) is 0.672. The number of methoxy groups -OCH3 is 1. The number of carbonyl (C=O) groups is 1. The van der Waals surface area contributed by atoms with Crippen molar-refractivity contribution in [2.75, 3.05) is 7.11 Å². The van der Waals surface area contributed by atoms with Crippen LogP contribution in [-0.4, -0.2) is 29.1 Å². The molecule has 1 fully saturated rings. The van der Waals surface area contributed by atoms with Crippen LogP contribution >= 0.6 is 0 Å². The summed E-state index contributed by atoms with van der Waals surface area (Å²) in [5.41, 5.74) is 2.15. The largest absolute Gasteiger partial charge is 0.497 e. The van der Waals surface area contributed by atoms with Gasteiger partial charge in [0.2, 0.25) is 0 Å². The summed E-state index contributed by atoms with van der Waals surface area (Å²) < 4.78 is 5.31. The number of aromatic amines is 1. The predicted octanol–water partition coefficient (Wildman–Crippen LogP) is 4.58. The number of benzene rings is 2. The predicted molar refractivity (Wildman–Crippen MR) is 122 cm³/mol. The zero-order valence-electron chi connectivity index (χ0n) is 17.9. The van der Waals surface area contributed by atoms with E-state index < -0.39 is 0 Å². The summed E-state index contributed by atoms with van der Waals surface area (Å²) in [5.74, 6) is 0.724. The second-order valence-electron chi connectivity index (χ2n) is 8.20. The van der Waals surface area contributed by atoms with Gasteiger partial charge in [-0.1, -0.05) is 49.6 Å². The number of urea groups is 1. The molecular weight excluding hydrogens is 390 g/mol. The molecule has 1 saturated carbocycles. The Morgan fingerprint density at radius 3 is 2.58 bits per heavy atom. The lowest BCUT2D eigenvalue weighted by atomic mass is 9.96. The van der Waals surface area contributed by atoms with Crippen molar-refractivity contribution in [2.45, 2.75) is 51.2 Å². The maximum atomic E-state index is 13.2. The first kappa shape index (κ1) is 21.0. The maximum Gasteiger partial charge on any atom is 0.318 e. The van der Waals surface area contributed by atoms with Crippen LogP contribution in [0.5, 0.6) is 5.75 Å². The lowest BCUT2D eigenvalue weighted by molar-refractivity contribution is 0.184. The van der Waals surface area contributed by atoms with Crippen LogP contribution < -0.4 is 15.6 Å². The molecule has 3 aromatic rings. The van der Waals surface area contributed by atoms with E-state index in [1.54, 1.807) is 12.0 Å². The highest BCUT2D eigenvalue weighted by atomic mass is 16.5. The monoisotopic (exact) mass is 419 g/mol. The standard InChI is InChI=1S/C25H29N3O3/c1-31-22-12-13-23-19(15-22)14-20(24(29)27-23)17-28(16-18-8-4-2-5-9-18)25(30)26-21-10-6-3-7-11-21/h2,4-5,8-9,12-15,21H,3,6-7,10-11,16-17H2,1H3,(H,26,30)(H,27,29). The molecule has 6 nitrogen and oxygen atoms in total. The van der Waals surface area contributed by atoms with Gasteiger partial charge in [0.05, 0.1) is 13.7 Å². The number of aromatic nitrogens is 1. The van der Waals surface area contributed by atoms with Crippen LogP contribution in [0.25, 0.3) is 10.9 Å². The van der Waals surface area contributed by atoms with E-state index in [0.717, 1.165) is 47.9 Å². The number of hydrogen-bond donors (Lipinski definition) is 2. The summed E-state index contributed by atoms with van der Waals surface area (Å²) in [6, 6.07) is 17.3. The number of hydrogen-bond acceptors (Lipinski definition) is 3. The molecule has 1 aliphatic carbocycles. The molecular formula is C25H29N3O3. The van der Waals surface area contributed by atoms with Crippen LogP contribution in [-0.2, 0) is 13.1 Å². The number of nitrogens with zero attached hydrogens (tertiary/aromatic N) is 1. The molecule has 6 heteroatoms. The number of pyridine rings is 1. The smallest absolute Gasteiger partial charge is 0.318 e. The third-order valence-electron chi connectivity index (χ3n) is 5.93. The highest BCUT2D eigenvalue weighted by molar-refractivity contribution is 5.81. The van der Waals surface area contributed by atoms with Gasteiger partial charge in [0, 0.05) is 29.1 Å². The van der Waals surface area contributed by atoms with Gasteiger partial charge in [-0.3, -0.25) is 4.79 Å². The lowest BCUT2D eigenvalue weighted by Gasteiger charge is -2.28. The third-order valence-corrected chi connectivity index (χ3v) is 5.93. The van der Waals surface area contributed by atoms with Crippen LogP contribution in [0.2, 0.25) is 0 Å². The average Bonchev–Trinajstić information content (AvgIpc) is 2.80. The molecule has 0 unspecified atom stereocenters. The Morgan fingerprint density at radius 2 is 1.84 bits per heavy atom. The van der Waals surface area contributed by atoms with Gasteiger partial charge < -0.3 is 19.9 Å². The fraction of sp³-hybridized carbons (Fsp3) is 0.360. The van der Waals surface area contributed by atoms with E-state index in [4.69, 9.17) is 4.74 Å². The van der Waals surface area contributed by atoms with E-state index in [9.17, 15) is 9.59 Å². The SMILES string of the molecule is COc1ccc2[nH]c(=O)c(CN(Cc3ccccc3)C(=O)NC3CCCCC3)cc2c1. The molecule has 2 amide bonds. The zero-order chi connectivity index (χ0) is 21.6. The Balaban J connectivity index is 1.60. The normalized spacial score (nSPS) is 14.4. The molecule has 4 rings (SSSR count). The summed E-state index contributed by atoms with van der Waals surface area (Å²) in [5, 5.41) is 4.07. The summed E-state index contributed by atoms with van der Waals surface area (Å²) >= 11 is 0. The molecule has 0 aliphatic heterocycles. The minimum Gasteiger partial charge on any atom is -0.497 e. The van der Waals surface area contributed by atoms with Crippen LogP contribution in [0, 0.1) is 0 Å². The van der Waals surface area contributed by atoms with E-state index >= 15 is 0 Å². The number of ether oxygens (including phenoxy) is 1. The molecule has 2 aromatic carbocycles. The Kier molecular flexibility index (Phi) is 6.55. The average molecular weight is 420 g/mol. The fourth-order valence-electron chi connectivity index (χ4n) is 4.20. The molecule has 162 valence electrons.